The van der Waals surface area contributed by atoms with Crippen LogP contribution in [-0.2, 0) is 65.4 Å². The summed E-state index contributed by atoms with van der Waals surface area (Å²) in [6, 6.07) is 0. The fourth-order valence-electron chi connectivity index (χ4n) is 13.5. The van der Waals surface area contributed by atoms with E-state index < -0.39 is 97.5 Å². The summed E-state index contributed by atoms with van der Waals surface area (Å²) in [4.78, 5) is 73.2. The molecular weight excluding hydrogens is 1380 g/mol. The third-order valence-electron chi connectivity index (χ3n) is 20.7. The van der Waals surface area contributed by atoms with E-state index in [1.54, 1.807) is 0 Å². The Balaban J connectivity index is 5.18. The maximum absolute atomic E-state index is 13.1. The fourth-order valence-corrected chi connectivity index (χ4v) is 15.0. The zero-order chi connectivity index (χ0) is 78.1. The number of esters is 4. The van der Waals surface area contributed by atoms with Crippen molar-refractivity contribution in [2.45, 2.75) is 472 Å². The number of hydrogen-bond donors (Lipinski definition) is 3. The third kappa shape index (κ3) is 78.7. The van der Waals surface area contributed by atoms with Crippen LogP contribution in [0.5, 0.6) is 0 Å². The topological polar surface area (TPSA) is 237 Å². The minimum Gasteiger partial charge on any atom is -0.462 e. The summed E-state index contributed by atoms with van der Waals surface area (Å²) in [5.41, 5.74) is 0. The molecule has 6 atom stereocenters. The molecule has 0 saturated heterocycles. The highest BCUT2D eigenvalue weighted by Gasteiger charge is 2.31. The third-order valence-corrected chi connectivity index (χ3v) is 22.6. The van der Waals surface area contributed by atoms with Crippen molar-refractivity contribution in [2.75, 3.05) is 39.6 Å². The van der Waals surface area contributed by atoms with E-state index in [1.165, 1.54) is 250 Å². The van der Waals surface area contributed by atoms with Crippen LogP contribution in [0.15, 0.2) is 0 Å². The SMILES string of the molecule is CCC(C)CCCCCCCCCCCCCCCCCCCCC(=O)O[C@H](COC(=O)CCCCCCCCCCCCC(C)C)COP(=O)(O)OCC(O)COP(=O)(O)OC[C@@H](COC(=O)CCCCCCCCCC(C)C)OC(=O)CCCCCCCCCCCCCCCCCCCCC(C)C. The number of hydrogen-bond acceptors (Lipinski definition) is 15. The molecule has 4 unspecified atom stereocenters. The Bertz CT molecular complexity index is 2060. The van der Waals surface area contributed by atoms with E-state index in [4.69, 9.17) is 37.0 Å². The van der Waals surface area contributed by atoms with Crippen LogP contribution in [-0.4, -0.2) is 96.7 Å². The van der Waals surface area contributed by atoms with Crippen molar-refractivity contribution in [3.05, 3.63) is 0 Å². The van der Waals surface area contributed by atoms with Crippen molar-refractivity contribution in [1.82, 2.24) is 0 Å². The lowest BCUT2D eigenvalue weighted by molar-refractivity contribution is -0.161. The second-order valence-electron chi connectivity index (χ2n) is 33.0. The number of unbranched alkanes of at least 4 members (excludes halogenated alkanes) is 49. The summed E-state index contributed by atoms with van der Waals surface area (Å²) >= 11 is 0. The highest BCUT2D eigenvalue weighted by molar-refractivity contribution is 7.47. The summed E-state index contributed by atoms with van der Waals surface area (Å²) in [5, 5.41) is 10.7. The number of carbonyl (C=O) groups is 4. The number of phosphoric acid groups is 2. The summed E-state index contributed by atoms with van der Waals surface area (Å²) in [6.45, 7) is 14.3. The molecular formula is C87H170O17P2. The molecule has 0 amide bonds. The van der Waals surface area contributed by atoms with Crippen molar-refractivity contribution in [3.8, 4) is 0 Å². The van der Waals surface area contributed by atoms with Crippen LogP contribution in [0.25, 0.3) is 0 Å². The van der Waals surface area contributed by atoms with Crippen molar-refractivity contribution in [2.24, 2.45) is 23.7 Å². The number of carbonyl (C=O) groups excluding carboxylic acids is 4. The van der Waals surface area contributed by atoms with Gasteiger partial charge in [-0.15, -0.1) is 0 Å². The van der Waals surface area contributed by atoms with Gasteiger partial charge in [0.2, 0.25) is 0 Å². The standard InChI is InChI=1S/C87H170O17P2/c1-9-80(8)66-58-50-42-34-27-23-19-15-11-13-17-21-25-29-37-45-53-61-69-86(91)103-82(73-97-84(89)67-59-51-43-35-31-30-33-40-48-56-64-78(4)5)75-101-105(93,94)99-71-81(88)72-100-106(95,96)102-76-83(74-98-85(90)68-60-52-46-38-41-49-57-65-79(6)7)104-87(92)70-62-54-44-36-28-24-20-16-12-10-14-18-22-26-32-39-47-55-63-77(2)3/h77-83,88H,9-76H2,1-8H3,(H,93,94)(H,95,96)/t80?,81?,82-,83-/m1/s1. The van der Waals surface area contributed by atoms with Crippen molar-refractivity contribution < 1.29 is 80.2 Å². The van der Waals surface area contributed by atoms with E-state index in [-0.39, 0.29) is 25.7 Å². The molecule has 0 bridgehead atoms. The first-order valence-electron chi connectivity index (χ1n) is 44.7. The molecule has 630 valence electrons. The molecule has 17 nitrogen and oxygen atoms in total. The molecule has 0 heterocycles. The van der Waals surface area contributed by atoms with Crippen LogP contribution in [0.2, 0.25) is 0 Å². The zero-order valence-corrected chi connectivity index (χ0v) is 71.9. The van der Waals surface area contributed by atoms with Gasteiger partial charge in [-0.3, -0.25) is 37.3 Å². The van der Waals surface area contributed by atoms with E-state index >= 15 is 0 Å². The maximum atomic E-state index is 13.1. The van der Waals surface area contributed by atoms with E-state index in [0.29, 0.717) is 31.6 Å². The molecule has 19 heteroatoms. The maximum Gasteiger partial charge on any atom is 0.472 e. The van der Waals surface area contributed by atoms with Crippen molar-refractivity contribution >= 4 is 39.5 Å². The molecule has 0 aromatic carbocycles. The Morgan fingerprint density at radius 1 is 0.264 bits per heavy atom. The first-order valence-corrected chi connectivity index (χ1v) is 47.7. The second-order valence-corrected chi connectivity index (χ2v) is 35.9. The van der Waals surface area contributed by atoms with Gasteiger partial charge in [-0.05, 0) is 49.4 Å². The van der Waals surface area contributed by atoms with E-state index in [1.807, 2.05) is 0 Å². The van der Waals surface area contributed by atoms with E-state index in [2.05, 4.69) is 55.4 Å². The Morgan fingerprint density at radius 3 is 0.670 bits per heavy atom. The van der Waals surface area contributed by atoms with Gasteiger partial charge in [0.25, 0.3) is 0 Å². The number of aliphatic hydroxyl groups is 1. The molecule has 0 aromatic rings. The highest BCUT2D eigenvalue weighted by atomic mass is 31.2. The van der Waals surface area contributed by atoms with Crippen LogP contribution in [0.3, 0.4) is 0 Å². The van der Waals surface area contributed by atoms with E-state index in [0.717, 1.165) is 114 Å². The molecule has 0 aliphatic rings. The van der Waals surface area contributed by atoms with Crippen molar-refractivity contribution in [3.63, 3.8) is 0 Å². The second kappa shape index (κ2) is 75.7. The molecule has 0 spiro atoms. The smallest absolute Gasteiger partial charge is 0.462 e. The largest absolute Gasteiger partial charge is 0.472 e. The lowest BCUT2D eigenvalue weighted by Crippen LogP contribution is -2.30. The predicted octanol–water partition coefficient (Wildman–Crippen LogP) is 26.3. The molecule has 0 rings (SSSR count). The van der Waals surface area contributed by atoms with Crippen LogP contribution in [0, 0.1) is 23.7 Å². The molecule has 0 radical (unpaired) electrons. The van der Waals surface area contributed by atoms with Gasteiger partial charge >= 0.3 is 39.5 Å². The van der Waals surface area contributed by atoms with Gasteiger partial charge in [0.05, 0.1) is 26.4 Å². The number of ether oxygens (including phenoxy) is 4. The van der Waals surface area contributed by atoms with Crippen LogP contribution < -0.4 is 0 Å². The summed E-state index contributed by atoms with van der Waals surface area (Å²) < 4.78 is 68.9. The quantitative estimate of drug-likeness (QED) is 0.0222. The van der Waals surface area contributed by atoms with Crippen LogP contribution >= 0.6 is 15.6 Å². The summed E-state index contributed by atoms with van der Waals surface area (Å²) in [5.74, 6) is 1.05. The highest BCUT2D eigenvalue weighted by Crippen LogP contribution is 2.45. The first-order chi connectivity index (χ1) is 51.1. The monoisotopic (exact) mass is 1550 g/mol. The lowest BCUT2D eigenvalue weighted by Gasteiger charge is -2.21. The minimum atomic E-state index is -4.97. The minimum absolute atomic E-state index is 0.107. The van der Waals surface area contributed by atoms with Gasteiger partial charge in [-0.1, -0.05) is 402 Å². The normalized spacial score (nSPS) is 14.2. The van der Waals surface area contributed by atoms with Gasteiger partial charge in [0.15, 0.2) is 12.2 Å². The predicted molar refractivity (Wildman–Crippen MR) is 437 cm³/mol. The molecule has 106 heavy (non-hydrogen) atoms. The molecule has 0 aliphatic carbocycles. The average molecular weight is 1550 g/mol. The lowest BCUT2D eigenvalue weighted by atomic mass is 9.99. The van der Waals surface area contributed by atoms with Gasteiger partial charge in [-0.2, -0.15) is 0 Å². The molecule has 0 aromatic heterocycles. The fraction of sp³-hybridized carbons (Fsp3) is 0.954. The van der Waals surface area contributed by atoms with Crippen LogP contribution in [0.4, 0.5) is 0 Å². The van der Waals surface area contributed by atoms with Gasteiger partial charge in [0, 0.05) is 25.7 Å². The number of aliphatic hydroxyl groups excluding tert-OH is 1. The molecule has 0 fully saturated rings. The van der Waals surface area contributed by atoms with Crippen molar-refractivity contribution in [1.29, 1.82) is 0 Å². The Morgan fingerprint density at radius 2 is 0.453 bits per heavy atom. The Labute approximate surface area is 651 Å². The molecule has 0 aliphatic heterocycles. The zero-order valence-electron chi connectivity index (χ0n) is 70.1. The van der Waals surface area contributed by atoms with Gasteiger partial charge in [-0.25, -0.2) is 9.13 Å². The van der Waals surface area contributed by atoms with Crippen LogP contribution in [0.1, 0.15) is 453 Å². The van der Waals surface area contributed by atoms with E-state index in [9.17, 15) is 43.2 Å². The summed E-state index contributed by atoms with van der Waals surface area (Å²) in [7, 11) is -9.93. The average Bonchev–Trinajstić information content (AvgIpc) is 0.900. The Kier molecular flexibility index (Phi) is 74.3. The number of phosphoric ester groups is 2. The molecule has 0 saturated carbocycles. The first kappa shape index (κ1) is 104. The number of rotatable bonds is 84. The Hall–Kier alpha value is -1.94. The van der Waals surface area contributed by atoms with Gasteiger partial charge < -0.3 is 33.8 Å². The van der Waals surface area contributed by atoms with Gasteiger partial charge in [0.1, 0.15) is 19.3 Å². The molecule has 3 N–H and O–H groups in total. The summed E-state index contributed by atoms with van der Waals surface area (Å²) in [6.07, 6.45) is 65.4.